The van der Waals surface area contributed by atoms with Gasteiger partial charge in [-0.15, -0.1) is 0 Å². The van der Waals surface area contributed by atoms with Crippen LogP contribution in [0.25, 0.3) is 11.0 Å². The first-order chi connectivity index (χ1) is 12.2. The van der Waals surface area contributed by atoms with Crippen molar-refractivity contribution in [1.29, 1.82) is 0 Å². The maximum Gasteiger partial charge on any atom is 0.270 e. The van der Waals surface area contributed by atoms with Gasteiger partial charge in [0.05, 0.1) is 0 Å². The molecule has 0 saturated carbocycles. The lowest BCUT2D eigenvalue weighted by Gasteiger charge is -2.41. The minimum absolute atomic E-state index is 0.0609. The number of nitrogens with zero attached hydrogens (tertiary/aromatic N) is 3. The molecule has 0 unspecified atom stereocenters. The Morgan fingerprint density at radius 3 is 2.64 bits per heavy atom. The second kappa shape index (κ2) is 7.14. The number of pyridine rings is 1. The van der Waals surface area contributed by atoms with E-state index >= 15 is 0 Å². The minimum atomic E-state index is -0.0609. The maximum atomic E-state index is 12.5. The molecule has 134 valence electrons. The fourth-order valence-electron chi connectivity index (χ4n) is 4.09. The van der Waals surface area contributed by atoms with Crippen molar-refractivity contribution in [2.75, 3.05) is 33.2 Å². The summed E-state index contributed by atoms with van der Waals surface area (Å²) in [7, 11) is 2.20. The van der Waals surface area contributed by atoms with Gasteiger partial charge in [0.2, 0.25) is 0 Å². The van der Waals surface area contributed by atoms with E-state index in [1.165, 1.54) is 25.9 Å². The van der Waals surface area contributed by atoms with Crippen LogP contribution in [0.4, 0.5) is 0 Å². The molecular weight excluding hydrogens is 314 g/mol. The smallest absolute Gasteiger partial charge is 0.270 e. The number of hydrogen-bond donors (Lipinski definition) is 2. The molecule has 0 aromatic carbocycles. The molecule has 2 fully saturated rings. The van der Waals surface area contributed by atoms with Gasteiger partial charge in [-0.1, -0.05) is 0 Å². The van der Waals surface area contributed by atoms with Gasteiger partial charge >= 0.3 is 0 Å². The van der Waals surface area contributed by atoms with Crippen LogP contribution in [0.2, 0.25) is 0 Å². The van der Waals surface area contributed by atoms with Crippen molar-refractivity contribution >= 4 is 16.9 Å². The Balaban J connectivity index is 1.30. The summed E-state index contributed by atoms with van der Waals surface area (Å²) in [6, 6.07) is 6.69. The topological polar surface area (TPSA) is 64.3 Å². The lowest BCUT2D eigenvalue weighted by molar-refractivity contribution is 0.0804. The number of aromatic nitrogens is 2. The van der Waals surface area contributed by atoms with Crippen molar-refractivity contribution in [2.24, 2.45) is 0 Å². The number of rotatable bonds is 3. The van der Waals surface area contributed by atoms with Crippen molar-refractivity contribution in [2.45, 2.75) is 37.8 Å². The fraction of sp³-hybridized carbons (Fsp3) is 0.579. The van der Waals surface area contributed by atoms with E-state index in [9.17, 15) is 4.79 Å². The first kappa shape index (κ1) is 16.5. The molecule has 4 rings (SSSR count). The highest BCUT2D eigenvalue weighted by Crippen LogP contribution is 2.21. The van der Waals surface area contributed by atoms with Crippen molar-refractivity contribution in [3.05, 3.63) is 30.1 Å². The van der Waals surface area contributed by atoms with Crippen LogP contribution in [0.15, 0.2) is 24.4 Å². The maximum absolute atomic E-state index is 12.5. The Morgan fingerprint density at radius 2 is 1.88 bits per heavy atom. The quantitative estimate of drug-likeness (QED) is 0.894. The molecule has 2 aromatic heterocycles. The number of fused-ring (bicyclic) bond motifs is 1. The van der Waals surface area contributed by atoms with E-state index in [0.717, 1.165) is 43.0 Å². The minimum Gasteiger partial charge on any atom is -0.348 e. The Kier molecular flexibility index (Phi) is 4.72. The number of hydrogen-bond acceptors (Lipinski definition) is 4. The zero-order valence-corrected chi connectivity index (χ0v) is 14.9. The van der Waals surface area contributed by atoms with Gasteiger partial charge in [-0.05, 0) is 64.0 Å². The normalized spacial score (nSPS) is 21.6. The molecule has 2 saturated heterocycles. The number of amides is 1. The van der Waals surface area contributed by atoms with E-state index in [2.05, 4.69) is 32.1 Å². The second-order valence-corrected chi connectivity index (χ2v) is 7.43. The van der Waals surface area contributed by atoms with E-state index in [-0.39, 0.29) is 11.9 Å². The summed E-state index contributed by atoms with van der Waals surface area (Å²) in [5.74, 6) is -0.0609. The third-order valence-corrected chi connectivity index (χ3v) is 5.71. The zero-order valence-electron chi connectivity index (χ0n) is 14.9. The van der Waals surface area contributed by atoms with Crippen LogP contribution in [0.3, 0.4) is 0 Å². The number of H-pyrrole nitrogens is 1. The summed E-state index contributed by atoms with van der Waals surface area (Å²) >= 11 is 0. The molecule has 2 N–H and O–H groups in total. The number of piperidine rings is 2. The van der Waals surface area contributed by atoms with Gasteiger partial charge in [-0.2, -0.15) is 0 Å². The van der Waals surface area contributed by atoms with Crippen LogP contribution >= 0.6 is 0 Å². The Labute approximate surface area is 148 Å². The van der Waals surface area contributed by atoms with E-state index in [1.807, 2.05) is 18.3 Å². The molecular formula is C19H27N5O. The predicted octanol–water partition coefficient (Wildman–Crippen LogP) is 1.85. The van der Waals surface area contributed by atoms with Gasteiger partial charge in [-0.3, -0.25) is 4.79 Å². The molecule has 0 aliphatic carbocycles. The number of likely N-dealkylation sites (tertiary alicyclic amines) is 2. The lowest BCUT2D eigenvalue weighted by atomic mass is 9.98. The summed E-state index contributed by atoms with van der Waals surface area (Å²) in [6.07, 6.45) is 6.45. The summed E-state index contributed by atoms with van der Waals surface area (Å²) in [6.45, 7) is 4.58. The lowest BCUT2D eigenvalue weighted by Crippen LogP contribution is -2.50. The molecule has 2 aromatic rings. The van der Waals surface area contributed by atoms with E-state index in [4.69, 9.17) is 0 Å². The number of nitrogens with one attached hydrogen (secondary N) is 2. The third kappa shape index (κ3) is 3.70. The second-order valence-electron chi connectivity index (χ2n) is 7.43. The summed E-state index contributed by atoms with van der Waals surface area (Å²) in [4.78, 5) is 25.0. The highest BCUT2D eigenvalue weighted by atomic mass is 16.1. The number of carbonyl (C=O) groups excluding carboxylic acids is 1. The van der Waals surface area contributed by atoms with Gasteiger partial charge in [0, 0.05) is 36.8 Å². The average molecular weight is 341 g/mol. The Hall–Kier alpha value is -1.92. The van der Waals surface area contributed by atoms with Crippen LogP contribution in [-0.2, 0) is 0 Å². The van der Waals surface area contributed by atoms with Crippen molar-refractivity contribution in [3.8, 4) is 0 Å². The monoisotopic (exact) mass is 341 g/mol. The molecule has 2 aliphatic rings. The van der Waals surface area contributed by atoms with Crippen LogP contribution < -0.4 is 5.32 Å². The van der Waals surface area contributed by atoms with Crippen LogP contribution in [0.5, 0.6) is 0 Å². The van der Waals surface area contributed by atoms with Crippen molar-refractivity contribution in [1.82, 2.24) is 25.1 Å². The largest absolute Gasteiger partial charge is 0.348 e. The Bertz CT molecular complexity index is 726. The molecule has 0 bridgehead atoms. The average Bonchev–Trinajstić information content (AvgIpc) is 3.11. The first-order valence-corrected chi connectivity index (χ1v) is 9.36. The SMILES string of the molecule is CN1CCC(N2CCC(NC(=O)c3ccc4cc[nH]c4n3)CC2)CC1. The highest BCUT2D eigenvalue weighted by Gasteiger charge is 2.28. The molecule has 0 atom stereocenters. The third-order valence-electron chi connectivity index (χ3n) is 5.71. The summed E-state index contributed by atoms with van der Waals surface area (Å²) < 4.78 is 0. The zero-order chi connectivity index (χ0) is 17.2. The van der Waals surface area contributed by atoms with Crippen molar-refractivity contribution in [3.63, 3.8) is 0 Å². The van der Waals surface area contributed by atoms with Gasteiger partial charge in [0.15, 0.2) is 0 Å². The van der Waals surface area contributed by atoms with Gasteiger partial charge in [-0.25, -0.2) is 4.98 Å². The van der Waals surface area contributed by atoms with Gasteiger partial charge in [0.1, 0.15) is 11.3 Å². The summed E-state index contributed by atoms with van der Waals surface area (Å²) in [5, 5.41) is 4.20. The van der Waals surface area contributed by atoms with E-state index in [0.29, 0.717) is 5.69 Å². The predicted molar refractivity (Wildman–Crippen MR) is 98.7 cm³/mol. The fourth-order valence-corrected chi connectivity index (χ4v) is 4.09. The summed E-state index contributed by atoms with van der Waals surface area (Å²) in [5.41, 5.74) is 1.26. The van der Waals surface area contributed by atoms with E-state index in [1.54, 1.807) is 6.07 Å². The Morgan fingerprint density at radius 1 is 1.12 bits per heavy atom. The first-order valence-electron chi connectivity index (χ1n) is 9.36. The molecule has 0 radical (unpaired) electrons. The number of aromatic amines is 1. The van der Waals surface area contributed by atoms with E-state index < -0.39 is 0 Å². The molecule has 4 heterocycles. The molecule has 1 amide bonds. The standard InChI is InChI=1S/C19H27N5O/c1-23-10-7-16(8-11-23)24-12-5-15(6-13-24)21-19(25)17-3-2-14-4-9-20-18(14)22-17/h2-4,9,15-16H,5-8,10-13H2,1H3,(H,20,22)(H,21,25). The molecule has 0 spiro atoms. The van der Waals surface area contributed by atoms with Crippen molar-refractivity contribution < 1.29 is 4.79 Å². The highest BCUT2D eigenvalue weighted by molar-refractivity contribution is 5.94. The molecule has 2 aliphatic heterocycles. The van der Waals surface area contributed by atoms with Gasteiger partial charge < -0.3 is 20.1 Å². The van der Waals surface area contributed by atoms with Crippen LogP contribution in [0.1, 0.15) is 36.2 Å². The molecule has 6 heteroatoms. The number of carbonyl (C=O) groups is 1. The molecule has 6 nitrogen and oxygen atoms in total. The van der Waals surface area contributed by atoms with Crippen LogP contribution in [0, 0.1) is 0 Å². The van der Waals surface area contributed by atoms with Crippen LogP contribution in [-0.4, -0.2) is 71.0 Å². The van der Waals surface area contributed by atoms with Gasteiger partial charge in [0.25, 0.3) is 5.91 Å². The molecule has 25 heavy (non-hydrogen) atoms.